The molecule has 1 aromatic rings. The van der Waals surface area contributed by atoms with Gasteiger partial charge >= 0.3 is 0 Å². The van der Waals surface area contributed by atoms with Gasteiger partial charge in [-0.05, 0) is 12.1 Å². The van der Waals surface area contributed by atoms with Gasteiger partial charge in [-0.15, -0.1) is 0 Å². The van der Waals surface area contributed by atoms with Crippen molar-refractivity contribution in [3.8, 4) is 6.07 Å². The summed E-state index contributed by atoms with van der Waals surface area (Å²) in [5.74, 6) is -0.00742. The summed E-state index contributed by atoms with van der Waals surface area (Å²) >= 11 is 0. The molecular weight excluding hydrogens is 242 g/mol. The molecule has 0 aromatic carbocycles. The molecule has 2 heterocycles. The molecule has 0 atom stereocenters. The largest absolute Gasteiger partial charge is 0.396 e. The topological polar surface area (TPSA) is 94.3 Å². The fourth-order valence-corrected chi connectivity index (χ4v) is 3.34. The summed E-state index contributed by atoms with van der Waals surface area (Å²) in [6, 6.07) is 4.61. The maximum atomic E-state index is 12.1. The van der Waals surface area contributed by atoms with E-state index in [2.05, 4.69) is 4.98 Å². The third-order valence-electron chi connectivity index (χ3n) is 2.68. The maximum Gasteiger partial charge on any atom is 0.245 e. The Morgan fingerprint density at radius 3 is 2.88 bits per heavy atom. The van der Waals surface area contributed by atoms with Crippen LogP contribution in [0.25, 0.3) is 0 Å². The third kappa shape index (κ3) is 2.02. The van der Waals surface area contributed by atoms with Crippen LogP contribution in [0.2, 0.25) is 0 Å². The number of hydrogen-bond acceptors (Lipinski definition) is 5. The van der Waals surface area contributed by atoms with Gasteiger partial charge < -0.3 is 5.11 Å². The first-order valence-corrected chi connectivity index (χ1v) is 6.49. The average molecular weight is 253 g/mol. The lowest BCUT2D eigenvalue weighted by Crippen LogP contribution is -2.51. The first kappa shape index (κ1) is 12.0. The van der Waals surface area contributed by atoms with E-state index in [4.69, 9.17) is 10.4 Å². The molecule has 0 saturated carbocycles. The summed E-state index contributed by atoms with van der Waals surface area (Å²) in [6.45, 7) is 0.557. The van der Waals surface area contributed by atoms with Crippen LogP contribution in [0.5, 0.6) is 0 Å². The first-order chi connectivity index (χ1) is 8.09. The number of nitrogens with zero attached hydrogens (tertiary/aromatic N) is 3. The molecule has 0 spiro atoms. The van der Waals surface area contributed by atoms with E-state index in [0.29, 0.717) is 13.1 Å². The normalized spacial score (nSPS) is 17.4. The Balaban J connectivity index is 2.31. The number of aliphatic hydroxyl groups excluding tert-OH is 1. The van der Waals surface area contributed by atoms with Crippen molar-refractivity contribution in [3.63, 3.8) is 0 Å². The summed E-state index contributed by atoms with van der Waals surface area (Å²) in [7, 11) is -3.65. The van der Waals surface area contributed by atoms with E-state index in [1.54, 1.807) is 6.07 Å². The predicted molar refractivity (Wildman–Crippen MR) is 58.3 cm³/mol. The Hall–Kier alpha value is -1.49. The average Bonchev–Trinajstić information content (AvgIpc) is 2.27. The quantitative estimate of drug-likeness (QED) is 0.788. The van der Waals surface area contributed by atoms with Crippen LogP contribution in [-0.2, 0) is 10.0 Å². The van der Waals surface area contributed by atoms with E-state index in [9.17, 15) is 8.42 Å². The zero-order valence-electron chi connectivity index (χ0n) is 8.94. The second-order valence-corrected chi connectivity index (χ2v) is 5.74. The third-order valence-corrected chi connectivity index (χ3v) is 4.54. The molecule has 1 N–H and O–H groups in total. The molecule has 1 aliphatic heterocycles. The van der Waals surface area contributed by atoms with Gasteiger partial charge in [0.1, 0.15) is 11.0 Å². The molecule has 7 heteroatoms. The molecule has 1 saturated heterocycles. The number of rotatable bonds is 3. The Kier molecular flexibility index (Phi) is 3.11. The van der Waals surface area contributed by atoms with Crippen molar-refractivity contribution in [2.45, 2.75) is 4.90 Å². The second kappa shape index (κ2) is 4.41. The Labute approximate surface area is 99.2 Å². The van der Waals surface area contributed by atoms with Crippen LogP contribution in [0.4, 0.5) is 0 Å². The number of aliphatic hydroxyl groups is 1. The van der Waals surface area contributed by atoms with Crippen LogP contribution in [0.3, 0.4) is 0 Å². The van der Waals surface area contributed by atoms with Gasteiger partial charge in [0.2, 0.25) is 10.0 Å². The molecule has 1 fully saturated rings. The minimum absolute atomic E-state index is 0.00742. The number of pyridine rings is 1. The molecule has 1 aliphatic rings. The Morgan fingerprint density at radius 2 is 2.29 bits per heavy atom. The van der Waals surface area contributed by atoms with E-state index >= 15 is 0 Å². The maximum absolute atomic E-state index is 12.1. The molecule has 90 valence electrons. The van der Waals surface area contributed by atoms with Crippen molar-refractivity contribution < 1.29 is 13.5 Å². The molecule has 1 aromatic heterocycles. The van der Waals surface area contributed by atoms with Crippen LogP contribution in [0.15, 0.2) is 23.2 Å². The minimum atomic E-state index is -3.65. The van der Waals surface area contributed by atoms with Gasteiger partial charge in [0.05, 0.1) is 0 Å². The zero-order valence-corrected chi connectivity index (χ0v) is 9.76. The summed E-state index contributed by atoms with van der Waals surface area (Å²) in [6.07, 6.45) is 1.38. The van der Waals surface area contributed by atoms with Crippen molar-refractivity contribution in [2.24, 2.45) is 5.92 Å². The lowest BCUT2D eigenvalue weighted by Gasteiger charge is -2.36. The van der Waals surface area contributed by atoms with Crippen molar-refractivity contribution in [2.75, 3.05) is 19.7 Å². The van der Waals surface area contributed by atoms with Crippen LogP contribution in [-0.4, -0.2) is 42.5 Å². The molecule has 0 radical (unpaired) electrons. The fraction of sp³-hybridized carbons (Fsp3) is 0.400. The highest BCUT2D eigenvalue weighted by atomic mass is 32.2. The van der Waals surface area contributed by atoms with Crippen LogP contribution < -0.4 is 0 Å². The molecule has 2 rings (SSSR count). The lowest BCUT2D eigenvalue weighted by molar-refractivity contribution is 0.117. The molecule has 0 unspecified atom stereocenters. The van der Waals surface area contributed by atoms with Crippen molar-refractivity contribution in [3.05, 3.63) is 24.0 Å². The van der Waals surface area contributed by atoms with Gasteiger partial charge in [-0.1, -0.05) is 0 Å². The molecule has 17 heavy (non-hydrogen) atoms. The highest BCUT2D eigenvalue weighted by molar-refractivity contribution is 7.89. The number of nitriles is 1. The van der Waals surface area contributed by atoms with Crippen LogP contribution >= 0.6 is 0 Å². The zero-order chi connectivity index (χ0) is 12.5. The summed E-state index contributed by atoms with van der Waals surface area (Å²) in [4.78, 5) is 3.66. The van der Waals surface area contributed by atoms with Gasteiger partial charge in [-0.25, -0.2) is 13.4 Å². The van der Waals surface area contributed by atoms with Crippen LogP contribution in [0, 0.1) is 17.2 Å². The van der Waals surface area contributed by atoms with Crippen molar-refractivity contribution >= 4 is 10.0 Å². The van der Waals surface area contributed by atoms with E-state index in [1.807, 2.05) is 0 Å². The van der Waals surface area contributed by atoms with E-state index in [-0.39, 0.29) is 23.1 Å². The molecule has 0 amide bonds. The minimum Gasteiger partial charge on any atom is -0.396 e. The van der Waals surface area contributed by atoms with Gasteiger partial charge in [-0.3, -0.25) is 0 Å². The van der Waals surface area contributed by atoms with E-state index in [1.165, 1.54) is 22.6 Å². The van der Waals surface area contributed by atoms with Gasteiger partial charge in [0, 0.05) is 31.8 Å². The van der Waals surface area contributed by atoms with Gasteiger partial charge in [0.25, 0.3) is 0 Å². The molecular formula is C10H11N3O3S. The van der Waals surface area contributed by atoms with E-state index < -0.39 is 10.0 Å². The summed E-state index contributed by atoms with van der Waals surface area (Å²) < 4.78 is 25.5. The monoisotopic (exact) mass is 253 g/mol. The Morgan fingerprint density at radius 1 is 1.59 bits per heavy atom. The number of aromatic nitrogens is 1. The lowest BCUT2D eigenvalue weighted by atomic mass is 10.1. The van der Waals surface area contributed by atoms with Crippen LogP contribution in [0.1, 0.15) is 5.69 Å². The Bertz CT molecular complexity index is 558. The van der Waals surface area contributed by atoms with Crippen molar-refractivity contribution in [1.82, 2.24) is 9.29 Å². The van der Waals surface area contributed by atoms with Gasteiger partial charge in [0.15, 0.2) is 5.69 Å². The highest BCUT2D eigenvalue weighted by Gasteiger charge is 2.37. The summed E-state index contributed by atoms with van der Waals surface area (Å²) in [5.41, 5.74) is -0.0973. The van der Waals surface area contributed by atoms with Crippen molar-refractivity contribution in [1.29, 1.82) is 5.26 Å². The smallest absolute Gasteiger partial charge is 0.245 e. The first-order valence-electron chi connectivity index (χ1n) is 5.05. The number of sulfonamides is 1. The SMILES string of the molecule is N#Cc1ncccc1S(=O)(=O)N1CC(CO)C1. The molecule has 6 nitrogen and oxygen atoms in total. The standard InChI is InChI=1S/C10H11N3O3S/c11-4-9-10(2-1-3-12-9)17(15,16)13-5-8(6-13)7-14/h1-3,8,14H,5-7H2. The molecule has 0 aliphatic carbocycles. The van der Waals surface area contributed by atoms with E-state index in [0.717, 1.165) is 0 Å². The second-order valence-electron chi connectivity index (χ2n) is 3.83. The summed E-state index contributed by atoms with van der Waals surface area (Å²) in [5, 5.41) is 17.7. The highest BCUT2D eigenvalue weighted by Crippen LogP contribution is 2.25. The number of hydrogen-bond donors (Lipinski definition) is 1. The fourth-order valence-electron chi connectivity index (χ4n) is 1.66. The van der Waals surface area contributed by atoms with Gasteiger partial charge in [-0.2, -0.15) is 9.57 Å². The molecule has 0 bridgehead atoms. The predicted octanol–water partition coefficient (Wildman–Crippen LogP) is -0.434.